The van der Waals surface area contributed by atoms with Gasteiger partial charge in [0, 0.05) is 0 Å². The summed E-state index contributed by atoms with van der Waals surface area (Å²) in [5.74, 6) is 0.0869. The molecular formula is C11H15F3O2. The Morgan fingerprint density at radius 3 is 2.12 bits per heavy atom. The lowest BCUT2D eigenvalue weighted by Crippen LogP contribution is -2.06. The molecule has 1 aromatic rings. The van der Waals surface area contributed by atoms with Crippen LogP contribution in [0.4, 0.5) is 13.2 Å². The SMILES string of the molecule is CC.COc1cc(CO)cc(C(F)(F)F)c1. The van der Waals surface area contributed by atoms with Crippen LogP contribution in [-0.2, 0) is 12.8 Å². The van der Waals surface area contributed by atoms with Gasteiger partial charge in [0.2, 0.25) is 0 Å². The highest BCUT2D eigenvalue weighted by molar-refractivity contribution is 5.35. The Morgan fingerprint density at radius 2 is 1.75 bits per heavy atom. The zero-order valence-corrected chi connectivity index (χ0v) is 9.43. The summed E-state index contributed by atoms with van der Waals surface area (Å²) in [6.07, 6.45) is -4.42. The molecule has 0 amide bonds. The van der Waals surface area contributed by atoms with Gasteiger partial charge < -0.3 is 9.84 Å². The van der Waals surface area contributed by atoms with Gasteiger partial charge in [-0.3, -0.25) is 0 Å². The maximum absolute atomic E-state index is 12.3. The van der Waals surface area contributed by atoms with E-state index in [4.69, 9.17) is 5.11 Å². The number of aliphatic hydroxyl groups excluding tert-OH is 1. The predicted molar refractivity (Wildman–Crippen MR) is 55.3 cm³/mol. The number of hydrogen-bond donors (Lipinski definition) is 1. The summed E-state index contributed by atoms with van der Waals surface area (Å²) in [6.45, 7) is 3.56. The van der Waals surface area contributed by atoms with Crippen LogP contribution in [0.2, 0.25) is 0 Å². The van der Waals surface area contributed by atoms with Gasteiger partial charge in [0.05, 0.1) is 19.3 Å². The Balaban J connectivity index is 0.00000106. The molecule has 0 atom stereocenters. The number of hydrogen-bond acceptors (Lipinski definition) is 2. The second kappa shape index (κ2) is 6.37. The molecule has 0 bridgehead atoms. The van der Waals surface area contributed by atoms with Crippen LogP contribution in [0.3, 0.4) is 0 Å². The molecule has 0 unspecified atom stereocenters. The fraction of sp³-hybridized carbons (Fsp3) is 0.455. The van der Waals surface area contributed by atoms with Gasteiger partial charge in [-0.1, -0.05) is 13.8 Å². The summed E-state index contributed by atoms with van der Waals surface area (Å²) in [5, 5.41) is 8.72. The first-order chi connectivity index (χ1) is 7.47. The molecule has 0 aliphatic heterocycles. The van der Waals surface area contributed by atoms with Crippen molar-refractivity contribution in [1.82, 2.24) is 0 Å². The summed E-state index contributed by atoms with van der Waals surface area (Å²) < 4.78 is 41.5. The highest BCUT2D eigenvalue weighted by Gasteiger charge is 2.31. The summed E-state index contributed by atoms with van der Waals surface area (Å²) in [7, 11) is 1.27. The van der Waals surface area contributed by atoms with Crippen molar-refractivity contribution in [1.29, 1.82) is 0 Å². The molecule has 0 aromatic heterocycles. The Hall–Kier alpha value is -1.23. The van der Waals surface area contributed by atoms with E-state index < -0.39 is 18.3 Å². The van der Waals surface area contributed by atoms with Gasteiger partial charge in [0.15, 0.2) is 0 Å². The number of halogens is 3. The standard InChI is InChI=1S/C9H9F3O2.C2H6/c1-14-8-3-6(5-13)2-7(4-8)9(10,11)12;1-2/h2-4,13H,5H2,1H3;1-2H3. The zero-order chi connectivity index (χ0) is 12.8. The van der Waals surface area contributed by atoms with Crippen molar-refractivity contribution in [3.63, 3.8) is 0 Å². The molecule has 16 heavy (non-hydrogen) atoms. The van der Waals surface area contributed by atoms with Crippen molar-refractivity contribution < 1.29 is 23.0 Å². The van der Waals surface area contributed by atoms with Crippen LogP contribution in [-0.4, -0.2) is 12.2 Å². The van der Waals surface area contributed by atoms with E-state index in [0.717, 1.165) is 12.1 Å². The van der Waals surface area contributed by atoms with Crippen molar-refractivity contribution in [3.05, 3.63) is 29.3 Å². The third kappa shape index (κ3) is 4.10. The molecular weight excluding hydrogens is 221 g/mol. The van der Waals surface area contributed by atoms with Crippen LogP contribution < -0.4 is 4.74 Å². The molecule has 92 valence electrons. The third-order valence-corrected chi connectivity index (χ3v) is 1.71. The molecule has 0 fully saturated rings. The van der Waals surface area contributed by atoms with E-state index in [1.165, 1.54) is 13.2 Å². The lowest BCUT2D eigenvalue weighted by atomic mass is 10.1. The third-order valence-electron chi connectivity index (χ3n) is 1.71. The van der Waals surface area contributed by atoms with E-state index in [1.807, 2.05) is 13.8 Å². The molecule has 1 rings (SSSR count). The van der Waals surface area contributed by atoms with Gasteiger partial charge in [-0.2, -0.15) is 13.2 Å². The minimum absolute atomic E-state index is 0.0869. The minimum Gasteiger partial charge on any atom is -0.497 e. The minimum atomic E-state index is -4.42. The molecule has 0 aliphatic carbocycles. The molecule has 0 spiro atoms. The number of methoxy groups -OCH3 is 1. The molecule has 0 heterocycles. The highest BCUT2D eigenvalue weighted by atomic mass is 19.4. The molecule has 1 N–H and O–H groups in total. The fourth-order valence-electron chi connectivity index (χ4n) is 1.03. The smallest absolute Gasteiger partial charge is 0.416 e. The zero-order valence-electron chi connectivity index (χ0n) is 9.43. The van der Waals surface area contributed by atoms with Gasteiger partial charge >= 0.3 is 6.18 Å². The van der Waals surface area contributed by atoms with Gasteiger partial charge in [0.25, 0.3) is 0 Å². The summed E-state index contributed by atoms with van der Waals surface area (Å²) >= 11 is 0. The number of alkyl halides is 3. The van der Waals surface area contributed by atoms with Crippen LogP contribution in [0.5, 0.6) is 5.75 Å². The molecule has 1 aromatic carbocycles. The normalized spacial score (nSPS) is 10.4. The largest absolute Gasteiger partial charge is 0.497 e. The second-order valence-electron chi connectivity index (χ2n) is 2.73. The van der Waals surface area contributed by atoms with Gasteiger partial charge in [-0.05, 0) is 23.8 Å². The molecule has 2 nitrogen and oxygen atoms in total. The Bertz CT molecular complexity index is 299. The van der Waals surface area contributed by atoms with E-state index in [9.17, 15) is 13.2 Å². The lowest BCUT2D eigenvalue weighted by Gasteiger charge is -2.10. The maximum atomic E-state index is 12.3. The maximum Gasteiger partial charge on any atom is 0.416 e. The van der Waals surface area contributed by atoms with Crippen LogP contribution in [0.1, 0.15) is 25.0 Å². The lowest BCUT2D eigenvalue weighted by molar-refractivity contribution is -0.137. The van der Waals surface area contributed by atoms with E-state index in [2.05, 4.69) is 4.74 Å². The van der Waals surface area contributed by atoms with E-state index in [0.29, 0.717) is 0 Å². The molecule has 5 heteroatoms. The highest BCUT2D eigenvalue weighted by Crippen LogP contribution is 2.32. The molecule has 0 saturated carbocycles. The van der Waals surface area contributed by atoms with Crippen LogP contribution in [0, 0.1) is 0 Å². The average molecular weight is 236 g/mol. The van der Waals surface area contributed by atoms with E-state index >= 15 is 0 Å². The summed E-state index contributed by atoms with van der Waals surface area (Å²) in [5.41, 5.74) is -0.641. The van der Waals surface area contributed by atoms with E-state index in [1.54, 1.807) is 0 Å². The van der Waals surface area contributed by atoms with Gasteiger partial charge in [-0.15, -0.1) is 0 Å². The topological polar surface area (TPSA) is 29.5 Å². The number of ether oxygens (including phenoxy) is 1. The summed E-state index contributed by atoms with van der Waals surface area (Å²) in [6, 6.07) is 3.14. The fourth-order valence-corrected chi connectivity index (χ4v) is 1.03. The van der Waals surface area contributed by atoms with Crippen molar-refractivity contribution >= 4 is 0 Å². The Kier molecular flexibility index (Phi) is 5.88. The van der Waals surface area contributed by atoms with Crippen molar-refractivity contribution in [2.45, 2.75) is 26.6 Å². The molecule has 0 radical (unpaired) electrons. The van der Waals surface area contributed by atoms with E-state index in [-0.39, 0.29) is 11.3 Å². The Morgan fingerprint density at radius 1 is 1.19 bits per heavy atom. The van der Waals surface area contributed by atoms with Crippen molar-refractivity contribution in [3.8, 4) is 5.75 Å². The molecule has 0 aliphatic rings. The first-order valence-corrected chi connectivity index (χ1v) is 4.83. The predicted octanol–water partition coefficient (Wildman–Crippen LogP) is 3.23. The van der Waals surface area contributed by atoms with Crippen LogP contribution in [0.15, 0.2) is 18.2 Å². The second-order valence-corrected chi connectivity index (χ2v) is 2.73. The number of aliphatic hydroxyl groups is 1. The van der Waals surface area contributed by atoms with Gasteiger partial charge in [-0.25, -0.2) is 0 Å². The number of rotatable bonds is 2. The summed E-state index contributed by atoms with van der Waals surface area (Å²) in [4.78, 5) is 0. The molecule has 0 saturated heterocycles. The monoisotopic (exact) mass is 236 g/mol. The first-order valence-electron chi connectivity index (χ1n) is 4.83. The first kappa shape index (κ1) is 14.8. The Labute approximate surface area is 92.7 Å². The number of benzene rings is 1. The van der Waals surface area contributed by atoms with Gasteiger partial charge in [0.1, 0.15) is 5.75 Å². The van der Waals surface area contributed by atoms with Crippen LogP contribution in [0.25, 0.3) is 0 Å². The van der Waals surface area contributed by atoms with Crippen molar-refractivity contribution in [2.24, 2.45) is 0 Å². The average Bonchev–Trinajstić information content (AvgIpc) is 2.29. The quantitative estimate of drug-likeness (QED) is 0.854. The van der Waals surface area contributed by atoms with Crippen LogP contribution >= 0.6 is 0 Å². The van der Waals surface area contributed by atoms with Crippen molar-refractivity contribution in [2.75, 3.05) is 7.11 Å².